The number of nitro groups is 1. The minimum Gasteiger partial charge on any atom is -0.287 e. The maximum Gasteiger partial charge on any atom is 0.265 e. The van der Waals surface area contributed by atoms with Gasteiger partial charge in [0.25, 0.3) is 6.54 Å². The van der Waals surface area contributed by atoms with Crippen LogP contribution in [0.15, 0.2) is 58.3 Å². The Hall–Kier alpha value is -1.85. The van der Waals surface area contributed by atoms with Gasteiger partial charge in [-0.3, -0.25) is 14.9 Å². The van der Waals surface area contributed by atoms with Crippen LogP contribution in [0.25, 0.3) is 0 Å². The van der Waals surface area contributed by atoms with Gasteiger partial charge < -0.3 is 0 Å². The molecule has 2 aromatic rings. The zero-order valence-corrected chi connectivity index (χ0v) is 11.9. The summed E-state index contributed by atoms with van der Waals surface area (Å²) in [7, 11) is 0. The van der Waals surface area contributed by atoms with Crippen molar-refractivity contribution in [3.05, 3.63) is 69.2 Å². The molecule has 2 rings (SSSR count). The van der Waals surface area contributed by atoms with Gasteiger partial charge in [0.05, 0.1) is 5.02 Å². The fraction of sp³-hybridized carbons (Fsp3) is 0.0714. The standard InChI is InChI=1S/C14H10ClNO3S/c15-13-8-11(20-10-4-2-1-3-5-10)6-7-12(13)14(17)9-16(18)19/h1-8H,9H2. The monoisotopic (exact) mass is 307 g/mol. The van der Waals surface area contributed by atoms with Gasteiger partial charge in [0.2, 0.25) is 5.78 Å². The molecule has 6 heteroatoms. The van der Waals surface area contributed by atoms with E-state index in [0.717, 1.165) is 9.79 Å². The molecule has 4 nitrogen and oxygen atoms in total. The Morgan fingerprint density at radius 2 is 1.85 bits per heavy atom. The van der Waals surface area contributed by atoms with Gasteiger partial charge in [-0.2, -0.15) is 0 Å². The predicted octanol–water partition coefficient (Wildman–Crippen LogP) is 3.95. The van der Waals surface area contributed by atoms with Crippen LogP contribution in [0.2, 0.25) is 5.02 Å². The van der Waals surface area contributed by atoms with Crippen molar-refractivity contribution in [1.29, 1.82) is 0 Å². The average molecular weight is 308 g/mol. The largest absolute Gasteiger partial charge is 0.287 e. The summed E-state index contributed by atoms with van der Waals surface area (Å²) in [4.78, 5) is 23.2. The van der Waals surface area contributed by atoms with E-state index in [4.69, 9.17) is 11.6 Å². The first-order valence-corrected chi connectivity index (χ1v) is 6.93. The first-order valence-electron chi connectivity index (χ1n) is 5.74. The van der Waals surface area contributed by atoms with Crippen LogP contribution in [0, 0.1) is 10.1 Å². The summed E-state index contributed by atoms with van der Waals surface area (Å²) in [6, 6.07) is 14.6. The van der Waals surface area contributed by atoms with Gasteiger partial charge in [-0.25, -0.2) is 0 Å². The molecule has 102 valence electrons. The Labute approximate surface area is 124 Å². The van der Waals surface area contributed by atoms with Crippen molar-refractivity contribution in [1.82, 2.24) is 0 Å². The summed E-state index contributed by atoms with van der Waals surface area (Å²) in [5.41, 5.74) is 0.181. The summed E-state index contributed by atoms with van der Waals surface area (Å²) in [5, 5.41) is 10.6. The Morgan fingerprint density at radius 1 is 1.15 bits per heavy atom. The second-order valence-corrected chi connectivity index (χ2v) is 5.52. The van der Waals surface area contributed by atoms with Crippen molar-refractivity contribution in [2.45, 2.75) is 9.79 Å². The number of hydrogen-bond donors (Lipinski definition) is 0. The Kier molecular flexibility index (Phi) is 4.76. The summed E-state index contributed by atoms with van der Waals surface area (Å²) >= 11 is 7.52. The molecule has 0 saturated carbocycles. The smallest absolute Gasteiger partial charge is 0.265 e. The van der Waals surface area contributed by atoms with Crippen molar-refractivity contribution in [3.63, 3.8) is 0 Å². The first kappa shape index (κ1) is 14.6. The fourth-order valence-electron chi connectivity index (χ4n) is 1.61. The second-order valence-electron chi connectivity index (χ2n) is 3.97. The number of ketones is 1. The molecule has 0 aromatic heterocycles. The van der Waals surface area contributed by atoms with E-state index in [-0.39, 0.29) is 10.6 Å². The molecular formula is C14H10ClNO3S. The molecular weight excluding hydrogens is 298 g/mol. The molecule has 20 heavy (non-hydrogen) atoms. The second kappa shape index (κ2) is 6.54. The van der Waals surface area contributed by atoms with E-state index < -0.39 is 17.3 Å². The summed E-state index contributed by atoms with van der Waals surface area (Å²) in [5.74, 6) is -0.587. The lowest BCUT2D eigenvalue weighted by atomic mass is 10.1. The number of rotatable bonds is 5. The molecule has 0 spiro atoms. The number of carbonyl (C=O) groups excluding carboxylic acids is 1. The van der Waals surface area contributed by atoms with Gasteiger partial charge in [-0.05, 0) is 30.3 Å². The van der Waals surface area contributed by atoms with Gasteiger partial charge in [0, 0.05) is 20.3 Å². The molecule has 0 heterocycles. The third kappa shape index (κ3) is 3.82. The van der Waals surface area contributed by atoms with E-state index in [1.165, 1.54) is 17.8 Å². The van der Waals surface area contributed by atoms with Crippen LogP contribution in [0.5, 0.6) is 0 Å². The van der Waals surface area contributed by atoms with Gasteiger partial charge in [-0.1, -0.05) is 41.6 Å². The fourth-order valence-corrected chi connectivity index (χ4v) is 2.84. The number of Topliss-reactive ketones (excluding diaryl/α,β-unsaturated/α-hetero) is 1. The topological polar surface area (TPSA) is 60.2 Å². The quantitative estimate of drug-likeness (QED) is 0.477. The molecule has 0 atom stereocenters. The molecule has 0 fully saturated rings. The molecule has 2 aromatic carbocycles. The normalized spacial score (nSPS) is 10.2. The number of benzene rings is 2. The maximum absolute atomic E-state index is 11.6. The summed E-state index contributed by atoms with van der Waals surface area (Å²) < 4.78 is 0. The van der Waals surface area contributed by atoms with Crippen LogP contribution in [0.1, 0.15) is 10.4 Å². The molecule has 0 unspecified atom stereocenters. The van der Waals surface area contributed by atoms with Crippen LogP contribution >= 0.6 is 23.4 Å². The van der Waals surface area contributed by atoms with Gasteiger partial charge >= 0.3 is 0 Å². The van der Waals surface area contributed by atoms with Crippen LogP contribution in [-0.2, 0) is 0 Å². The van der Waals surface area contributed by atoms with Crippen molar-refractivity contribution in [3.8, 4) is 0 Å². The van der Waals surface area contributed by atoms with Crippen molar-refractivity contribution in [2.24, 2.45) is 0 Å². The molecule has 0 aliphatic rings. The molecule has 0 bridgehead atoms. The zero-order valence-electron chi connectivity index (χ0n) is 10.3. The SMILES string of the molecule is O=C(C[N+](=O)[O-])c1ccc(Sc2ccccc2)cc1Cl. The van der Waals surface area contributed by atoms with Crippen molar-refractivity contribution < 1.29 is 9.72 Å². The van der Waals surface area contributed by atoms with E-state index in [9.17, 15) is 14.9 Å². The van der Waals surface area contributed by atoms with E-state index >= 15 is 0 Å². The predicted molar refractivity (Wildman–Crippen MR) is 78.2 cm³/mol. The lowest BCUT2D eigenvalue weighted by molar-refractivity contribution is -0.465. The number of hydrogen-bond acceptors (Lipinski definition) is 4. The van der Waals surface area contributed by atoms with Crippen LogP contribution in [0.3, 0.4) is 0 Å². The highest BCUT2D eigenvalue weighted by molar-refractivity contribution is 7.99. The molecule has 0 aliphatic heterocycles. The zero-order chi connectivity index (χ0) is 14.5. The molecule has 0 saturated heterocycles. The van der Waals surface area contributed by atoms with Crippen LogP contribution < -0.4 is 0 Å². The number of nitrogens with zero attached hydrogens (tertiary/aromatic N) is 1. The minimum atomic E-state index is -0.745. The van der Waals surface area contributed by atoms with E-state index in [1.54, 1.807) is 12.1 Å². The highest BCUT2D eigenvalue weighted by atomic mass is 35.5. The lowest BCUT2D eigenvalue weighted by Crippen LogP contribution is -2.14. The van der Waals surface area contributed by atoms with Gasteiger partial charge in [0.15, 0.2) is 0 Å². The Balaban J connectivity index is 2.17. The molecule has 0 N–H and O–H groups in total. The van der Waals surface area contributed by atoms with Crippen LogP contribution in [0.4, 0.5) is 0 Å². The van der Waals surface area contributed by atoms with Crippen molar-refractivity contribution >= 4 is 29.1 Å². The highest BCUT2D eigenvalue weighted by Gasteiger charge is 2.16. The third-order valence-corrected chi connectivity index (χ3v) is 3.80. The molecule has 0 aliphatic carbocycles. The van der Waals surface area contributed by atoms with Crippen LogP contribution in [-0.4, -0.2) is 17.3 Å². The Bertz CT molecular complexity index is 646. The average Bonchev–Trinajstić information content (AvgIpc) is 2.39. The first-order chi connectivity index (χ1) is 9.56. The van der Waals surface area contributed by atoms with Crippen molar-refractivity contribution in [2.75, 3.05) is 6.54 Å². The highest BCUT2D eigenvalue weighted by Crippen LogP contribution is 2.30. The number of halogens is 1. The van der Waals surface area contributed by atoms with E-state index in [2.05, 4.69) is 0 Å². The Morgan fingerprint density at radius 3 is 2.45 bits per heavy atom. The minimum absolute atomic E-state index is 0.181. The number of carbonyl (C=O) groups is 1. The maximum atomic E-state index is 11.6. The summed E-state index contributed by atoms with van der Waals surface area (Å²) in [6.45, 7) is -0.745. The molecule has 0 radical (unpaired) electrons. The van der Waals surface area contributed by atoms with Gasteiger partial charge in [-0.15, -0.1) is 0 Å². The van der Waals surface area contributed by atoms with Gasteiger partial charge in [0.1, 0.15) is 0 Å². The summed E-state index contributed by atoms with van der Waals surface area (Å²) in [6.07, 6.45) is 0. The lowest BCUT2D eigenvalue weighted by Gasteiger charge is -2.05. The van der Waals surface area contributed by atoms with E-state index in [0.29, 0.717) is 0 Å². The van der Waals surface area contributed by atoms with E-state index in [1.807, 2.05) is 30.3 Å². The third-order valence-electron chi connectivity index (χ3n) is 2.49. The molecule has 0 amide bonds.